The van der Waals surface area contributed by atoms with Crippen molar-refractivity contribution in [2.75, 3.05) is 27.3 Å². The molecule has 0 aliphatic carbocycles. The van der Waals surface area contributed by atoms with E-state index in [4.69, 9.17) is 9.84 Å². The fourth-order valence-corrected chi connectivity index (χ4v) is 2.61. The lowest BCUT2D eigenvalue weighted by molar-refractivity contribution is -0.119. The summed E-state index contributed by atoms with van der Waals surface area (Å²) in [6.45, 7) is -0.711. The van der Waals surface area contributed by atoms with Crippen LogP contribution >= 0.6 is 0 Å². The van der Waals surface area contributed by atoms with Crippen molar-refractivity contribution in [2.45, 2.75) is 4.90 Å². The van der Waals surface area contributed by atoms with E-state index in [0.29, 0.717) is 5.56 Å². The topological polar surface area (TPSA) is 105 Å². The average molecular weight is 312 g/mol. The second kappa shape index (κ2) is 7.64. The number of aliphatic hydroxyl groups excluding tert-OH is 1. The quantitative estimate of drug-likeness (QED) is 0.609. The monoisotopic (exact) mass is 312 g/mol. The molecule has 0 aromatic heterocycles. The third-order valence-electron chi connectivity index (χ3n) is 2.47. The number of methoxy groups -OCH3 is 1. The molecule has 1 rings (SSSR count). The zero-order valence-electron chi connectivity index (χ0n) is 11.6. The van der Waals surface area contributed by atoms with E-state index >= 15 is 0 Å². The summed E-state index contributed by atoms with van der Waals surface area (Å²) in [7, 11) is -1.18. The van der Waals surface area contributed by atoms with Crippen LogP contribution in [0.15, 0.2) is 23.1 Å². The molecular weight excluding hydrogens is 296 g/mol. The standard InChI is InChI=1S/C13H16N2O5S/c1-14-13(17)9-15-21(18,19)12-8-10(4-3-7-16)5-6-11(12)20-2/h5-6,8,15-16H,7,9H2,1-2H3,(H,14,17). The van der Waals surface area contributed by atoms with E-state index in [0.717, 1.165) is 0 Å². The average Bonchev–Trinajstić information content (AvgIpc) is 2.50. The number of rotatable bonds is 5. The van der Waals surface area contributed by atoms with Gasteiger partial charge in [0.05, 0.1) is 13.7 Å². The van der Waals surface area contributed by atoms with Crippen molar-refractivity contribution in [3.63, 3.8) is 0 Å². The molecule has 1 amide bonds. The predicted octanol–water partition coefficient (Wildman–Crippen LogP) is -0.937. The molecule has 0 bridgehead atoms. The first-order valence-corrected chi connectivity index (χ1v) is 7.41. The van der Waals surface area contributed by atoms with Crippen LogP contribution in [0, 0.1) is 11.8 Å². The molecule has 1 aromatic carbocycles. The predicted molar refractivity (Wildman–Crippen MR) is 76.2 cm³/mol. The Morgan fingerprint density at radius 1 is 1.43 bits per heavy atom. The van der Waals surface area contributed by atoms with Crippen molar-refractivity contribution >= 4 is 15.9 Å². The van der Waals surface area contributed by atoms with Crippen LogP contribution in [0.4, 0.5) is 0 Å². The number of sulfonamides is 1. The van der Waals surface area contributed by atoms with Crippen LogP contribution in [-0.2, 0) is 14.8 Å². The van der Waals surface area contributed by atoms with Gasteiger partial charge in [0.2, 0.25) is 15.9 Å². The highest BCUT2D eigenvalue weighted by Gasteiger charge is 2.20. The number of aliphatic hydroxyl groups is 1. The van der Waals surface area contributed by atoms with Crippen molar-refractivity contribution in [3.05, 3.63) is 23.8 Å². The summed E-state index contributed by atoms with van der Waals surface area (Å²) < 4.78 is 31.6. The number of benzene rings is 1. The molecule has 0 unspecified atom stereocenters. The third-order valence-corrected chi connectivity index (χ3v) is 3.89. The Morgan fingerprint density at radius 2 is 2.14 bits per heavy atom. The molecule has 0 saturated carbocycles. The van der Waals surface area contributed by atoms with E-state index in [2.05, 4.69) is 21.9 Å². The molecule has 0 atom stereocenters. The van der Waals surface area contributed by atoms with Crippen LogP contribution in [0.1, 0.15) is 5.56 Å². The number of nitrogens with one attached hydrogen (secondary N) is 2. The molecule has 0 aliphatic rings. The number of likely N-dealkylation sites (N-methyl/N-ethyl adjacent to an activating group) is 1. The summed E-state index contributed by atoms with van der Waals surface area (Å²) >= 11 is 0. The summed E-state index contributed by atoms with van der Waals surface area (Å²) in [6, 6.07) is 4.34. The second-order valence-electron chi connectivity index (χ2n) is 3.82. The van der Waals surface area contributed by atoms with Crippen LogP contribution in [0.2, 0.25) is 0 Å². The van der Waals surface area contributed by atoms with Gasteiger partial charge in [-0.3, -0.25) is 4.79 Å². The Balaban J connectivity index is 3.16. The number of ether oxygens (including phenoxy) is 1. The van der Waals surface area contributed by atoms with Gasteiger partial charge in [0.1, 0.15) is 17.3 Å². The largest absolute Gasteiger partial charge is 0.495 e. The van der Waals surface area contributed by atoms with Crippen molar-refractivity contribution in [1.29, 1.82) is 0 Å². The summed E-state index contributed by atoms with van der Waals surface area (Å²) in [5.74, 6) is 4.70. The Kier molecular flexibility index (Phi) is 6.17. The van der Waals surface area contributed by atoms with Gasteiger partial charge in [-0.2, -0.15) is 0 Å². The fraction of sp³-hybridized carbons (Fsp3) is 0.308. The SMILES string of the molecule is CNC(=O)CNS(=O)(=O)c1cc(C#CCO)ccc1OC. The zero-order valence-corrected chi connectivity index (χ0v) is 12.5. The van der Waals surface area contributed by atoms with E-state index in [-0.39, 0.29) is 23.8 Å². The molecule has 0 radical (unpaired) electrons. The van der Waals surface area contributed by atoms with Gasteiger partial charge < -0.3 is 15.2 Å². The fourth-order valence-electron chi connectivity index (χ4n) is 1.43. The first kappa shape index (κ1) is 17.0. The maximum atomic E-state index is 12.2. The molecule has 1 aromatic rings. The molecule has 0 aliphatic heterocycles. The normalized spacial score (nSPS) is 10.4. The summed E-state index contributed by atoms with van der Waals surface area (Å²) in [6.07, 6.45) is 0. The highest BCUT2D eigenvalue weighted by Crippen LogP contribution is 2.24. The van der Waals surface area contributed by atoms with Gasteiger partial charge >= 0.3 is 0 Å². The number of carbonyl (C=O) groups excluding carboxylic acids is 1. The van der Waals surface area contributed by atoms with Crippen molar-refractivity contribution in [2.24, 2.45) is 0 Å². The molecule has 8 heteroatoms. The lowest BCUT2D eigenvalue weighted by Gasteiger charge is -2.10. The summed E-state index contributed by atoms with van der Waals surface area (Å²) in [5, 5.41) is 11.0. The Hall–Kier alpha value is -2.08. The van der Waals surface area contributed by atoms with Crippen LogP contribution in [0.3, 0.4) is 0 Å². The number of amides is 1. The van der Waals surface area contributed by atoms with E-state index in [9.17, 15) is 13.2 Å². The summed E-state index contributed by atoms with van der Waals surface area (Å²) in [4.78, 5) is 11.0. The molecule has 0 spiro atoms. The highest BCUT2D eigenvalue weighted by molar-refractivity contribution is 7.89. The van der Waals surface area contributed by atoms with E-state index in [1.165, 1.54) is 26.3 Å². The molecule has 21 heavy (non-hydrogen) atoms. The maximum Gasteiger partial charge on any atom is 0.244 e. The van der Waals surface area contributed by atoms with Gasteiger partial charge in [-0.05, 0) is 18.2 Å². The van der Waals surface area contributed by atoms with Gasteiger partial charge in [-0.15, -0.1) is 0 Å². The summed E-state index contributed by atoms with van der Waals surface area (Å²) in [5.41, 5.74) is 0.408. The minimum Gasteiger partial charge on any atom is -0.495 e. The van der Waals surface area contributed by atoms with Crippen LogP contribution in [0.5, 0.6) is 5.75 Å². The van der Waals surface area contributed by atoms with Crippen molar-refractivity contribution < 1.29 is 23.1 Å². The number of hydrogen-bond donors (Lipinski definition) is 3. The van der Waals surface area contributed by atoms with Gasteiger partial charge in [0.25, 0.3) is 0 Å². The smallest absolute Gasteiger partial charge is 0.244 e. The first-order chi connectivity index (χ1) is 9.94. The zero-order chi connectivity index (χ0) is 15.9. The molecule has 7 nitrogen and oxygen atoms in total. The molecule has 0 fully saturated rings. The van der Waals surface area contributed by atoms with Crippen molar-refractivity contribution in [3.8, 4) is 17.6 Å². The molecular formula is C13H16N2O5S. The minimum absolute atomic E-state index is 0.126. The Bertz CT molecular complexity index is 674. The van der Waals surface area contributed by atoms with Crippen LogP contribution < -0.4 is 14.8 Å². The first-order valence-electron chi connectivity index (χ1n) is 5.92. The van der Waals surface area contributed by atoms with Gasteiger partial charge in [-0.25, -0.2) is 13.1 Å². The van der Waals surface area contributed by atoms with E-state index in [1.54, 1.807) is 6.07 Å². The van der Waals surface area contributed by atoms with Crippen LogP contribution in [0.25, 0.3) is 0 Å². The lowest BCUT2D eigenvalue weighted by Crippen LogP contribution is -2.35. The maximum absolute atomic E-state index is 12.2. The Labute approximate surface area is 123 Å². The molecule has 0 heterocycles. The Morgan fingerprint density at radius 3 is 2.71 bits per heavy atom. The van der Waals surface area contributed by atoms with Gasteiger partial charge in [0.15, 0.2) is 0 Å². The molecule has 0 saturated heterocycles. The van der Waals surface area contributed by atoms with Crippen molar-refractivity contribution in [1.82, 2.24) is 10.0 Å². The minimum atomic E-state index is -3.92. The molecule has 3 N–H and O–H groups in total. The number of hydrogen-bond acceptors (Lipinski definition) is 5. The van der Waals surface area contributed by atoms with E-state index < -0.39 is 15.9 Å². The second-order valence-corrected chi connectivity index (χ2v) is 5.56. The van der Waals surface area contributed by atoms with Gasteiger partial charge in [0, 0.05) is 12.6 Å². The highest BCUT2D eigenvalue weighted by atomic mass is 32.2. The number of carbonyl (C=O) groups is 1. The van der Waals surface area contributed by atoms with Gasteiger partial charge in [-0.1, -0.05) is 11.8 Å². The molecule has 114 valence electrons. The lowest BCUT2D eigenvalue weighted by atomic mass is 10.2. The van der Waals surface area contributed by atoms with Crippen LogP contribution in [-0.4, -0.2) is 46.7 Å². The van der Waals surface area contributed by atoms with E-state index in [1.807, 2.05) is 0 Å². The third kappa shape index (κ3) is 4.75.